The molecule has 0 aromatic heterocycles. The van der Waals surface area contributed by atoms with Gasteiger partial charge in [0.15, 0.2) is 0 Å². The second-order valence-corrected chi connectivity index (χ2v) is 3.80. The molecule has 0 amide bonds. The third-order valence-corrected chi connectivity index (χ3v) is 2.59. The lowest BCUT2D eigenvalue weighted by Gasteiger charge is -2.06. The smallest absolute Gasteiger partial charge is 0.339 e. The van der Waals surface area contributed by atoms with Gasteiger partial charge in [0.2, 0.25) is 0 Å². The van der Waals surface area contributed by atoms with E-state index in [1.807, 2.05) is 32.0 Å². The third kappa shape index (κ3) is 1.48. The molecule has 1 aliphatic rings. The third-order valence-electron chi connectivity index (χ3n) is 2.59. The standard InChI is InChI=1S/C12H11NO2/c1-7-5-8(2)11-9(6-7)10(3-4-13)15-12(11)14/h5-6,10H,3H2,1-2H3. The van der Waals surface area contributed by atoms with E-state index in [2.05, 4.69) is 0 Å². The largest absolute Gasteiger partial charge is 0.453 e. The maximum absolute atomic E-state index is 11.6. The van der Waals surface area contributed by atoms with E-state index in [1.165, 1.54) is 0 Å². The summed E-state index contributed by atoms with van der Waals surface area (Å²) in [6.45, 7) is 3.86. The van der Waals surface area contributed by atoms with Gasteiger partial charge in [0.25, 0.3) is 0 Å². The Hall–Kier alpha value is -1.82. The molecule has 1 aromatic rings. The summed E-state index contributed by atoms with van der Waals surface area (Å²) in [5.74, 6) is -0.303. The zero-order chi connectivity index (χ0) is 11.0. The molecule has 1 unspecified atom stereocenters. The molecule has 3 nitrogen and oxygen atoms in total. The molecule has 0 saturated heterocycles. The number of fused-ring (bicyclic) bond motifs is 1. The first kappa shape index (κ1) is 9.72. The van der Waals surface area contributed by atoms with Gasteiger partial charge in [-0.05, 0) is 19.4 Å². The first-order valence-corrected chi connectivity index (χ1v) is 4.82. The van der Waals surface area contributed by atoms with Crippen molar-refractivity contribution in [2.75, 3.05) is 0 Å². The van der Waals surface area contributed by atoms with Crippen LogP contribution >= 0.6 is 0 Å². The van der Waals surface area contributed by atoms with Crippen LogP contribution in [0.2, 0.25) is 0 Å². The molecule has 1 aromatic carbocycles. The Morgan fingerprint density at radius 3 is 2.87 bits per heavy atom. The minimum absolute atomic E-state index is 0.224. The number of nitrogens with zero attached hydrogens (tertiary/aromatic N) is 1. The van der Waals surface area contributed by atoms with Gasteiger partial charge in [-0.15, -0.1) is 0 Å². The minimum atomic E-state index is -0.379. The fourth-order valence-corrected chi connectivity index (χ4v) is 2.02. The van der Waals surface area contributed by atoms with Crippen LogP contribution in [0.15, 0.2) is 12.1 Å². The lowest BCUT2D eigenvalue weighted by molar-refractivity contribution is 0.0395. The topological polar surface area (TPSA) is 50.1 Å². The summed E-state index contributed by atoms with van der Waals surface area (Å²) in [6, 6.07) is 5.91. The molecular formula is C12H11NO2. The predicted octanol–water partition coefficient (Wildman–Crippen LogP) is 2.43. The predicted molar refractivity (Wildman–Crippen MR) is 54.3 cm³/mol. The molecule has 0 bridgehead atoms. The number of ether oxygens (including phenoxy) is 1. The van der Waals surface area contributed by atoms with Gasteiger partial charge in [-0.3, -0.25) is 0 Å². The van der Waals surface area contributed by atoms with Crippen molar-refractivity contribution in [2.24, 2.45) is 0 Å². The van der Waals surface area contributed by atoms with Gasteiger partial charge >= 0.3 is 5.97 Å². The molecule has 2 rings (SSSR count). The molecule has 76 valence electrons. The van der Waals surface area contributed by atoms with Crippen LogP contribution in [-0.2, 0) is 4.74 Å². The number of hydrogen-bond acceptors (Lipinski definition) is 3. The Morgan fingerprint density at radius 1 is 1.47 bits per heavy atom. The molecule has 0 fully saturated rings. The fraction of sp³-hybridized carbons (Fsp3) is 0.333. The number of aryl methyl sites for hydroxylation is 2. The van der Waals surface area contributed by atoms with E-state index in [0.29, 0.717) is 5.56 Å². The Labute approximate surface area is 88.3 Å². The molecular weight excluding hydrogens is 190 g/mol. The van der Waals surface area contributed by atoms with Crippen LogP contribution in [0.3, 0.4) is 0 Å². The zero-order valence-electron chi connectivity index (χ0n) is 8.70. The second-order valence-electron chi connectivity index (χ2n) is 3.80. The highest BCUT2D eigenvalue weighted by Crippen LogP contribution is 2.35. The number of hydrogen-bond donors (Lipinski definition) is 0. The first-order chi connectivity index (χ1) is 7.13. The van der Waals surface area contributed by atoms with E-state index in [-0.39, 0.29) is 18.5 Å². The van der Waals surface area contributed by atoms with Crippen molar-refractivity contribution in [1.29, 1.82) is 5.26 Å². The fourth-order valence-electron chi connectivity index (χ4n) is 2.02. The molecule has 1 heterocycles. The highest BCUT2D eigenvalue weighted by atomic mass is 16.5. The average molecular weight is 201 g/mol. The normalized spacial score (nSPS) is 18.2. The van der Waals surface area contributed by atoms with Gasteiger partial charge in [0.05, 0.1) is 18.1 Å². The van der Waals surface area contributed by atoms with E-state index in [1.54, 1.807) is 0 Å². The summed E-state index contributed by atoms with van der Waals surface area (Å²) < 4.78 is 5.15. The number of benzene rings is 1. The van der Waals surface area contributed by atoms with E-state index in [0.717, 1.165) is 16.7 Å². The van der Waals surface area contributed by atoms with Crippen LogP contribution in [0.1, 0.15) is 39.6 Å². The average Bonchev–Trinajstić information content (AvgIpc) is 2.43. The molecule has 0 N–H and O–H groups in total. The lowest BCUT2D eigenvalue weighted by Crippen LogP contribution is -1.97. The number of esters is 1. The van der Waals surface area contributed by atoms with Crippen LogP contribution in [0.4, 0.5) is 0 Å². The van der Waals surface area contributed by atoms with Crippen molar-refractivity contribution in [3.63, 3.8) is 0 Å². The van der Waals surface area contributed by atoms with E-state index in [4.69, 9.17) is 10.00 Å². The van der Waals surface area contributed by atoms with Crippen molar-refractivity contribution in [3.8, 4) is 6.07 Å². The van der Waals surface area contributed by atoms with Crippen LogP contribution in [0.25, 0.3) is 0 Å². The summed E-state index contributed by atoms with van der Waals surface area (Å²) in [4.78, 5) is 11.6. The maximum atomic E-state index is 11.6. The van der Waals surface area contributed by atoms with Gasteiger partial charge in [-0.25, -0.2) is 4.79 Å². The number of cyclic esters (lactones) is 1. The Balaban J connectivity index is 2.56. The Morgan fingerprint density at radius 2 is 2.20 bits per heavy atom. The van der Waals surface area contributed by atoms with E-state index < -0.39 is 0 Å². The maximum Gasteiger partial charge on any atom is 0.339 e. The van der Waals surface area contributed by atoms with E-state index in [9.17, 15) is 4.79 Å². The lowest BCUT2D eigenvalue weighted by atomic mass is 9.97. The van der Waals surface area contributed by atoms with Crippen LogP contribution < -0.4 is 0 Å². The number of carbonyl (C=O) groups is 1. The summed E-state index contributed by atoms with van der Waals surface area (Å²) >= 11 is 0. The van der Waals surface area contributed by atoms with Crippen LogP contribution in [0, 0.1) is 25.2 Å². The van der Waals surface area contributed by atoms with Crippen molar-refractivity contribution in [2.45, 2.75) is 26.4 Å². The van der Waals surface area contributed by atoms with Gasteiger partial charge in [0, 0.05) is 5.56 Å². The Kier molecular flexibility index (Phi) is 2.20. The summed E-state index contributed by atoms with van der Waals surface area (Å²) in [7, 11) is 0. The van der Waals surface area contributed by atoms with Crippen LogP contribution in [0.5, 0.6) is 0 Å². The van der Waals surface area contributed by atoms with E-state index >= 15 is 0 Å². The highest BCUT2D eigenvalue weighted by Gasteiger charge is 2.32. The molecule has 1 atom stereocenters. The first-order valence-electron chi connectivity index (χ1n) is 4.82. The van der Waals surface area contributed by atoms with Gasteiger partial charge < -0.3 is 4.74 Å². The van der Waals surface area contributed by atoms with Crippen molar-refractivity contribution in [3.05, 3.63) is 34.4 Å². The molecule has 15 heavy (non-hydrogen) atoms. The SMILES string of the molecule is Cc1cc(C)c2c(c1)C(CC#N)OC2=O. The molecule has 0 spiro atoms. The summed E-state index contributed by atoms with van der Waals surface area (Å²) in [5, 5.41) is 8.64. The number of rotatable bonds is 1. The molecule has 3 heteroatoms. The number of nitriles is 1. The molecule has 0 saturated carbocycles. The van der Waals surface area contributed by atoms with Gasteiger partial charge in [0.1, 0.15) is 6.10 Å². The van der Waals surface area contributed by atoms with Crippen molar-refractivity contribution >= 4 is 5.97 Å². The van der Waals surface area contributed by atoms with Crippen LogP contribution in [-0.4, -0.2) is 5.97 Å². The molecule has 0 aliphatic carbocycles. The molecule has 0 radical (unpaired) electrons. The highest BCUT2D eigenvalue weighted by molar-refractivity contribution is 5.95. The second kappa shape index (κ2) is 3.39. The minimum Gasteiger partial charge on any atom is -0.453 e. The molecule has 1 aliphatic heterocycles. The quantitative estimate of drug-likeness (QED) is 0.655. The Bertz CT molecular complexity index is 471. The van der Waals surface area contributed by atoms with Crippen molar-refractivity contribution in [1.82, 2.24) is 0 Å². The monoisotopic (exact) mass is 201 g/mol. The van der Waals surface area contributed by atoms with Gasteiger partial charge in [-0.2, -0.15) is 5.26 Å². The summed E-state index contributed by atoms with van der Waals surface area (Å²) in [5.41, 5.74) is 3.52. The zero-order valence-corrected chi connectivity index (χ0v) is 8.70. The van der Waals surface area contributed by atoms with Crippen molar-refractivity contribution < 1.29 is 9.53 Å². The summed E-state index contributed by atoms with van der Waals surface area (Å²) in [6.07, 6.45) is -0.155. The van der Waals surface area contributed by atoms with Gasteiger partial charge in [-0.1, -0.05) is 17.7 Å². The number of carbonyl (C=O) groups excluding carboxylic acids is 1.